The summed E-state index contributed by atoms with van der Waals surface area (Å²) in [5, 5.41) is 7.82. The van der Waals surface area contributed by atoms with E-state index in [4.69, 9.17) is 0 Å². The van der Waals surface area contributed by atoms with E-state index in [1.165, 1.54) is 18.4 Å². The average Bonchev–Trinajstić information content (AvgIpc) is 2.84. The smallest absolute Gasteiger partial charge is 0.0534 e. The van der Waals surface area contributed by atoms with Crippen molar-refractivity contribution in [3.8, 4) is 0 Å². The van der Waals surface area contributed by atoms with Crippen molar-refractivity contribution in [2.75, 3.05) is 0 Å². The Kier molecular flexibility index (Phi) is 2.87. The van der Waals surface area contributed by atoms with Gasteiger partial charge in [-0.3, -0.25) is 4.68 Å². The van der Waals surface area contributed by atoms with Crippen molar-refractivity contribution >= 4 is 0 Å². The van der Waals surface area contributed by atoms with Gasteiger partial charge in [0.25, 0.3) is 0 Å². The van der Waals surface area contributed by atoms with Gasteiger partial charge in [-0.15, -0.1) is 0 Å². The van der Waals surface area contributed by atoms with Gasteiger partial charge in [0.15, 0.2) is 0 Å². The molecule has 0 saturated heterocycles. The van der Waals surface area contributed by atoms with E-state index in [1.807, 2.05) is 10.9 Å². The van der Waals surface area contributed by atoms with Crippen LogP contribution in [0, 0.1) is 5.92 Å². The minimum absolute atomic E-state index is 0.666. The van der Waals surface area contributed by atoms with Crippen molar-refractivity contribution in [3.05, 3.63) is 18.0 Å². The van der Waals surface area contributed by atoms with Crippen LogP contribution in [0.2, 0.25) is 0 Å². The quantitative estimate of drug-likeness (QED) is 0.772. The first kappa shape index (κ1) is 9.71. The summed E-state index contributed by atoms with van der Waals surface area (Å²) in [6, 6.07) is 0.781. The molecule has 3 heteroatoms. The molecular weight excluding hydrogens is 174 g/mol. The lowest BCUT2D eigenvalue weighted by molar-refractivity contribution is 0.482. The van der Waals surface area contributed by atoms with Crippen LogP contribution in [-0.2, 0) is 13.1 Å². The average molecular weight is 193 g/mol. The number of hydrogen-bond donors (Lipinski definition) is 1. The van der Waals surface area contributed by atoms with Crippen LogP contribution in [0.1, 0.15) is 32.3 Å². The minimum Gasteiger partial charge on any atom is -0.310 e. The van der Waals surface area contributed by atoms with Crippen LogP contribution in [0.3, 0.4) is 0 Å². The van der Waals surface area contributed by atoms with Crippen molar-refractivity contribution in [3.63, 3.8) is 0 Å². The molecule has 1 aromatic heterocycles. The second kappa shape index (κ2) is 4.13. The Morgan fingerprint density at radius 2 is 2.36 bits per heavy atom. The molecule has 0 spiro atoms. The summed E-state index contributed by atoms with van der Waals surface area (Å²) in [6.07, 6.45) is 6.81. The van der Waals surface area contributed by atoms with Gasteiger partial charge in [-0.1, -0.05) is 13.8 Å². The normalized spacial score (nSPS) is 16.5. The summed E-state index contributed by atoms with van der Waals surface area (Å²) in [4.78, 5) is 0. The molecule has 1 aromatic rings. The number of rotatable bonds is 5. The summed E-state index contributed by atoms with van der Waals surface area (Å²) in [5.41, 5.74) is 1.30. The van der Waals surface area contributed by atoms with E-state index < -0.39 is 0 Å². The molecule has 0 aliphatic heterocycles. The Hall–Kier alpha value is -0.830. The van der Waals surface area contributed by atoms with Gasteiger partial charge in [0.2, 0.25) is 0 Å². The molecule has 1 fully saturated rings. The van der Waals surface area contributed by atoms with Crippen LogP contribution in [0.15, 0.2) is 12.4 Å². The molecule has 14 heavy (non-hydrogen) atoms. The molecule has 0 unspecified atom stereocenters. The summed E-state index contributed by atoms with van der Waals surface area (Å²) in [7, 11) is 0. The predicted octanol–water partition coefficient (Wildman–Crippen LogP) is 1.79. The topological polar surface area (TPSA) is 29.9 Å². The molecule has 0 bridgehead atoms. The highest BCUT2D eigenvalue weighted by atomic mass is 15.3. The standard InChI is InChI=1S/C11H19N3/c1-9(2)7-14-8-10(6-13-14)5-12-11-3-4-11/h6,8-9,11-12H,3-5,7H2,1-2H3. The van der Waals surface area contributed by atoms with Gasteiger partial charge in [-0.25, -0.2) is 0 Å². The second-order valence-corrected chi connectivity index (χ2v) is 4.62. The van der Waals surface area contributed by atoms with Crippen molar-refractivity contribution in [2.45, 2.75) is 45.8 Å². The second-order valence-electron chi connectivity index (χ2n) is 4.62. The maximum absolute atomic E-state index is 4.33. The summed E-state index contributed by atoms with van der Waals surface area (Å²) >= 11 is 0. The molecule has 78 valence electrons. The Balaban J connectivity index is 1.81. The van der Waals surface area contributed by atoms with Crippen LogP contribution in [-0.4, -0.2) is 15.8 Å². The summed E-state index contributed by atoms with van der Waals surface area (Å²) in [6.45, 7) is 6.42. The Bertz CT molecular complexity index is 286. The zero-order chi connectivity index (χ0) is 9.97. The number of aromatic nitrogens is 2. The lowest BCUT2D eigenvalue weighted by Crippen LogP contribution is -2.14. The zero-order valence-electron chi connectivity index (χ0n) is 9.03. The fraction of sp³-hybridized carbons (Fsp3) is 0.727. The first-order valence-electron chi connectivity index (χ1n) is 5.49. The van der Waals surface area contributed by atoms with E-state index >= 15 is 0 Å². The first-order chi connectivity index (χ1) is 6.74. The Labute approximate surface area is 85.5 Å². The van der Waals surface area contributed by atoms with Gasteiger partial charge in [-0.2, -0.15) is 5.10 Å². The summed E-state index contributed by atoms with van der Waals surface area (Å²) in [5.74, 6) is 0.666. The number of hydrogen-bond acceptors (Lipinski definition) is 2. The fourth-order valence-electron chi connectivity index (χ4n) is 1.52. The van der Waals surface area contributed by atoms with Crippen molar-refractivity contribution < 1.29 is 0 Å². The molecule has 1 saturated carbocycles. The lowest BCUT2D eigenvalue weighted by atomic mass is 10.2. The van der Waals surface area contributed by atoms with Gasteiger partial charge in [-0.05, 0) is 18.8 Å². The molecule has 1 heterocycles. The molecule has 3 nitrogen and oxygen atoms in total. The maximum atomic E-state index is 4.33. The third-order valence-electron chi connectivity index (χ3n) is 2.41. The lowest BCUT2D eigenvalue weighted by Gasteiger charge is -2.03. The van der Waals surface area contributed by atoms with E-state index in [1.54, 1.807) is 0 Å². The van der Waals surface area contributed by atoms with Gasteiger partial charge in [0, 0.05) is 30.9 Å². The van der Waals surface area contributed by atoms with Gasteiger partial charge in [0.05, 0.1) is 6.20 Å². The Morgan fingerprint density at radius 1 is 1.57 bits per heavy atom. The molecule has 1 aliphatic carbocycles. The highest BCUT2D eigenvalue weighted by molar-refractivity contribution is 5.04. The maximum Gasteiger partial charge on any atom is 0.0534 e. The molecular formula is C11H19N3. The predicted molar refractivity (Wildman–Crippen MR) is 56.9 cm³/mol. The number of nitrogens with zero attached hydrogens (tertiary/aromatic N) is 2. The van der Waals surface area contributed by atoms with Gasteiger partial charge < -0.3 is 5.32 Å². The van der Waals surface area contributed by atoms with E-state index in [9.17, 15) is 0 Å². The summed E-state index contributed by atoms with van der Waals surface area (Å²) < 4.78 is 2.04. The van der Waals surface area contributed by atoms with Gasteiger partial charge in [0.1, 0.15) is 0 Å². The van der Waals surface area contributed by atoms with Crippen LogP contribution < -0.4 is 5.32 Å². The van der Waals surface area contributed by atoms with Crippen molar-refractivity contribution in [1.82, 2.24) is 15.1 Å². The van der Waals surface area contributed by atoms with Crippen molar-refractivity contribution in [1.29, 1.82) is 0 Å². The van der Waals surface area contributed by atoms with Crippen LogP contribution in [0.4, 0.5) is 0 Å². The van der Waals surface area contributed by atoms with Crippen LogP contribution >= 0.6 is 0 Å². The molecule has 2 rings (SSSR count). The highest BCUT2D eigenvalue weighted by Gasteiger charge is 2.20. The van der Waals surface area contributed by atoms with E-state index in [2.05, 4.69) is 30.5 Å². The van der Waals surface area contributed by atoms with E-state index in [0.717, 1.165) is 19.1 Å². The van der Waals surface area contributed by atoms with E-state index in [0.29, 0.717) is 5.92 Å². The molecule has 0 amide bonds. The minimum atomic E-state index is 0.666. The largest absolute Gasteiger partial charge is 0.310 e. The zero-order valence-corrected chi connectivity index (χ0v) is 9.03. The monoisotopic (exact) mass is 193 g/mol. The Morgan fingerprint density at radius 3 is 3.00 bits per heavy atom. The highest BCUT2D eigenvalue weighted by Crippen LogP contribution is 2.19. The third-order valence-corrected chi connectivity index (χ3v) is 2.41. The molecule has 1 N–H and O–H groups in total. The van der Waals surface area contributed by atoms with Crippen molar-refractivity contribution in [2.24, 2.45) is 5.92 Å². The molecule has 0 atom stereocenters. The SMILES string of the molecule is CC(C)Cn1cc(CNC2CC2)cn1. The molecule has 1 aliphatic rings. The van der Waals surface area contributed by atoms with Gasteiger partial charge >= 0.3 is 0 Å². The number of nitrogens with one attached hydrogen (secondary N) is 1. The first-order valence-corrected chi connectivity index (χ1v) is 5.49. The van der Waals surface area contributed by atoms with E-state index in [-0.39, 0.29) is 0 Å². The molecule has 0 aromatic carbocycles. The van der Waals surface area contributed by atoms with Crippen LogP contribution in [0.25, 0.3) is 0 Å². The van der Waals surface area contributed by atoms with Crippen LogP contribution in [0.5, 0.6) is 0 Å². The fourth-order valence-corrected chi connectivity index (χ4v) is 1.52. The third kappa shape index (κ3) is 2.84. The molecule has 0 radical (unpaired) electrons.